The number of hydrogen-bond acceptors (Lipinski definition) is 0. The molecule has 0 amide bonds. The van der Waals surface area contributed by atoms with E-state index in [0.29, 0.717) is 5.41 Å². The zero-order valence-corrected chi connectivity index (χ0v) is 8.79. The molecule has 1 heteroatoms. The van der Waals surface area contributed by atoms with Gasteiger partial charge >= 0.3 is 59.6 Å². The molecule has 0 nitrogen and oxygen atoms in total. The third-order valence-electron chi connectivity index (χ3n) is 1.51. The quantitative estimate of drug-likeness (QED) is 0.602. The standard InChI is InChI=1S/C6H13.Sn.H/c1-5-6(2,3)4;;/h2,5H2,1,3-4H3;;. The van der Waals surface area contributed by atoms with Crippen molar-refractivity contribution in [3.05, 3.63) is 0 Å². The summed E-state index contributed by atoms with van der Waals surface area (Å²) >= 11 is 1.41. The van der Waals surface area contributed by atoms with Gasteiger partial charge in [0.15, 0.2) is 0 Å². The van der Waals surface area contributed by atoms with Gasteiger partial charge in [-0.1, -0.05) is 0 Å². The van der Waals surface area contributed by atoms with Crippen LogP contribution in [0, 0.1) is 5.41 Å². The Bertz CT molecular complexity index is 42.1. The molecule has 2 radical (unpaired) electrons. The van der Waals surface area contributed by atoms with E-state index in [1.807, 2.05) is 0 Å². The van der Waals surface area contributed by atoms with Crippen LogP contribution in [-0.2, 0) is 0 Å². The maximum atomic E-state index is 2.33. The van der Waals surface area contributed by atoms with Crippen molar-refractivity contribution in [2.24, 2.45) is 5.41 Å². The molecule has 0 rings (SSSR count). The fourth-order valence-corrected chi connectivity index (χ4v) is 0.968. The summed E-state index contributed by atoms with van der Waals surface area (Å²) in [5, 5.41) is 0. The second-order valence-corrected chi connectivity index (χ2v) is 3.89. The van der Waals surface area contributed by atoms with Gasteiger partial charge < -0.3 is 0 Å². The van der Waals surface area contributed by atoms with Crippen LogP contribution in [0.5, 0.6) is 0 Å². The normalized spacial score (nSPS) is 12.0. The van der Waals surface area contributed by atoms with Crippen molar-refractivity contribution >= 4 is 22.5 Å². The van der Waals surface area contributed by atoms with Gasteiger partial charge in [0, 0.05) is 0 Å². The van der Waals surface area contributed by atoms with Crippen LogP contribution in [0.2, 0.25) is 4.44 Å². The molecule has 0 saturated carbocycles. The Labute approximate surface area is 59.8 Å². The van der Waals surface area contributed by atoms with Crippen LogP contribution >= 0.6 is 0 Å². The fourth-order valence-electron chi connectivity index (χ4n) is 0.144. The molecule has 0 aromatic rings. The molecule has 0 spiro atoms. The number of rotatable bonds is 2. The average molecular weight is 205 g/mol. The van der Waals surface area contributed by atoms with E-state index in [1.54, 1.807) is 0 Å². The van der Waals surface area contributed by atoms with E-state index < -0.39 is 0 Å². The summed E-state index contributed by atoms with van der Waals surface area (Å²) in [4.78, 5) is 0. The SMILES string of the molecule is CCC(C)(C)[CH2][SnH]. The summed E-state index contributed by atoms with van der Waals surface area (Å²) in [7, 11) is 0. The van der Waals surface area contributed by atoms with Gasteiger partial charge in [0.2, 0.25) is 0 Å². The minimum absolute atomic E-state index is 0.641. The van der Waals surface area contributed by atoms with E-state index in [2.05, 4.69) is 20.8 Å². The molecule has 0 aliphatic rings. The summed E-state index contributed by atoms with van der Waals surface area (Å²) in [5.74, 6) is 0. The van der Waals surface area contributed by atoms with Gasteiger partial charge in [-0.2, -0.15) is 0 Å². The first kappa shape index (κ1) is 7.80. The van der Waals surface area contributed by atoms with Crippen molar-refractivity contribution in [1.82, 2.24) is 0 Å². The van der Waals surface area contributed by atoms with Gasteiger partial charge in [-0.05, 0) is 0 Å². The summed E-state index contributed by atoms with van der Waals surface area (Å²) in [6, 6.07) is 0. The van der Waals surface area contributed by atoms with Crippen LogP contribution in [0.4, 0.5) is 0 Å². The first-order chi connectivity index (χ1) is 3.12. The predicted molar refractivity (Wildman–Crippen MR) is 36.0 cm³/mol. The van der Waals surface area contributed by atoms with Crippen molar-refractivity contribution in [2.75, 3.05) is 0 Å². The van der Waals surface area contributed by atoms with Gasteiger partial charge in [0.25, 0.3) is 0 Å². The van der Waals surface area contributed by atoms with Crippen molar-refractivity contribution in [3.63, 3.8) is 0 Å². The van der Waals surface area contributed by atoms with E-state index in [4.69, 9.17) is 0 Å². The number of hydrogen-bond donors (Lipinski definition) is 0. The Kier molecular flexibility index (Phi) is 3.29. The van der Waals surface area contributed by atoms with Gasteiger partial charge in [-0.25, -0.2) is 0 Å². The van der Waals surface area contributed by atoms with Crippen molar-refractivity contribution in [2.45, 2.75) is 31.6 Å². The van der Waals surface area contributed by atoms with Crippen molar-refractivity contribution in [1.29, 1.82) is 0 Å². The molecule has 7 heavy (non-hydrogen) atoms. The van der Waals surface area contributed by atoms with Crippen LogP contribution in [0.15, 0.2) is 0 Å². The van der Waals surface area contributed by atoms with E-state index >= 15 is 0 Å². The van der Waals surface area contributed by atoms with E-state index in [9.17, 15) is 0 Å². The van der Waals surface area contributed by atoms with Gasteiger partial charge in [0.1, 0.15) is 0 Å². The summed E-state index contributed by atoms with van der Waals surface area (Å²) in [5.41, 5.74) is 0.641. The summed E-state index contributed by atoms with van der Waals surface area (Å²) in [6.07, 6.45) is 1.33. The van der Waals surface area contributed by atoms with E-state index in [-0.39, 0.29) is 0 Å². The van der Waals surface area contributed by atoms with Crippen LogP contribution in [0.1, 0.15) is 27.2 Å². The summed E-state index contributed by atoms with van der Waals surface area (Å²) < 4.78 is 1.43. The Hall–Kier alpha value is 0.799. The molecule has 0 aliphatic carbocycles. The van der Waals surface area contributed by atoms with Gasteiger partial charge in [-0.15, -0.1) is 0 Å². The van der Waals surface area contributed by atoms with Crippen LogP contribution < -0.4 is 0 Å². The second kappa shape index (κ2) is 2.95. The average Bonchev–Trinajstić information content (AvgIpc) is 1.68. The molecular formula is C6H14Sn. The zero-order chi connectivity index (χ0) is 5.91. The Balaban J connectivity index is 3.36. The summed E-state index contributed by atoms with van der Waals surface area (Å²) in [6.45, 7) is 6.92. The van der Waals surface area contributed by atoms with Crippen molar-refractivity contribution in [3.8, 4) is 0 Å². The maximum absolute atomic E-state index is 2.33. The topological polar surface area (TPSA) is 0 Å². The van der Waals surface area contributed by atoms with Crippen LogP contribution in [0.3, 0.4) is 0 Å². The fraction of sp³-hybridized carbons (Fsp3) is 1.00. The molecule has 0 aromatic heterocycles. The molecule has 0 N–H and O–H groups in total. The molecule has 0 unspecified atom stereocenters. The van der Waals surface area contributed by atoms with Gasteiger partial charge in [-0.3, -0.25) is 0 Å². The Morgan fingerprint density at radius 2 is 1.86 bits per heavy atom. The first-order valence-electron chi connectivity index (χ1n) is 2.82. The predicted octanol–water partition coefficient (Wildman–Crippen LogP) is 1.74. The molecular weight excluding hydrogens is 191 g/mol. The van der Waals surface area contributed by atoms with Gasteiger partial charge in [0.05, 0.1) is 0 Å². The molecule has 0 aromatic carbocycles. The molecule has 0 atom stereocenters. The zero-order valence-electron chi connectivity index (χ0n) is 5.49. The molecule has 42 valence electrons. The Morgan fingerprint density at radius 3 is 1.86 bits per heavy atom. The molecule has 0 saturated heterocycles. The van der Waals surface area contributed by atoms with Crippen LogP contribution in [-0.4, -0.2) is 22.5 Å². The molecule has 0 bridgehead atoms. The van der Waals surface area contributed by atoms with E-state index in [1.165, 1.54) is 33.4 Å². The molecule has 0 heterocycles. The van der Waals surface area contributed by atoms with Crippen molar-refractivity contribution < 1.29 is 0 Å². The molecule has 0 aliphatic heterocycles. The van der Waals surface area contributed by atoms with E-state index in [0.717, 1.165) is 0 Å². The second-order valence-electron chi connectivity index (χ2n) is 2.72. The monoisotopic (exact) mass is 206 g/mol. The van der Waals surface area contributed by atoms with Crippen LogP contribution in [0.25, 0.3) is 0 Å². The Morgan fingerprint density at radius 1 is 1.43 bits per heavy atom. The first-order valence-corrected chi connectivity index (χ1v) is 5.15. The molecule has 0 fully saturated rings. The third-order valence-corrected chi connectivity index (χ3v) is 4.66. The third kappa shape index (κ3) is 3.39. The minimum atomic E-state index is 0.641.